The number of pyridine rings is 1. The summed E-state index contributed by atoms with van der Waals surface area (Å²) < 4.78 is 0. The number of H-pyrrole nitrogens is 1. The van der Waals surface area contributed by atoms with Crippen LogP contribution in [0.15, 0.2) is 60.9 Å². The van der Waals surface area contributed by atoms with E-state index in [-0.39, 0.29) is 11.3 Å². The van der Waals surface area contributed by atoms with Gasteiger partial charge in [-0.3, -0.25) is 9.89 Å². The van der Waals surface area contributed by atoms with Crippen LogP contribution in [0.5, 0.6) is 0 Å². The topological polar surface area (TPSA) is 121 Å². The Morgan fingerprint density at radius 2 is 1.81 bits per heavy atom. The number of anilines is 4. The van der Waals surface area contributed by atoms with Crippen LogP contribution in [0.2, 0.25) is 0 Å². The molecule has 0 aliphatic heterocycles. The molecule has 0 saturated heterocycles. The Labute approximate surface area is 219 Å². The predicted octanol–water partition coefficient (Wildman–Crippen LogP) is 6.43. The number of aromatic nitrogens is 3. The molecule has 0 radical (unpaired) electrons. The Morgan fingerprint density at radius 1 is 1.08 bits per heavy atom. The molecular weight excluding hydrogens is 462 g/mol. The Hall–Kier alpha value is -3.91. The molecule has 1 unspecified atom stereocenters. The average Bonchev–Trinajstić information content (AvgIpc) is 3.32. The van der Waals surface area contributed by atoms with Gasteiger partial charge in [0, 0.05) is 34.7 Å². The van der Waals surface area contributed by atoms with Gasteiger partial charge in [-0.2, -0.15) is 5.10 Å². The highest BCUT2D eigenvalue weighted by Crippen LogP contribution is 2.33. The van der Waals surface area contributed by atoms with Crippen LogP contribution in [0.4, 0.5) is 22.9 Å². The molecule has 1 amide bonds. The second kappa shape index (κ2) is 12.4. The zero-order chi connectivity index (χ0) is 27.0. The van der Waals surface area contributed by atoms with Crippen molar-refractivity contribution >= 4 is 39.7 Å². The van der Waals surface area contributed by atoms with Crippen molar-refractivity contribution in [1.29, 1.82) is 0 Å². The number of hydrogen-bond donors (Lipinski definition) is 5. The monoisotopic (exact) mass is 501 g/mol. The molecular formula is C29H39N7O. The maximum Gasteiger partial charge on any atom is 0.259 e. The van der Waals surface area contributed by atoms with E-state index < -0.39 is 0 Å². The molecule has 196 valence electrons. The van der Waals surface area contributed by atoms with E-state index in [0.717, 1.165) is 40.9 Å². The molecule has 8 heteroatoms. The number of aromatic amines is 1. The maximum absolute atomic E-state index is 13.2. The summed E-state index contributed by atoms with van der Waals surface area (Å²) in [4.78, 5) is 17.6. The first kappa shape index (κ1) is 27.7. The fourth-order valence-electron chi connectivity index (χ4n) is 3.80. The lowest BCUT2D eigenvalue weighted by molar-refractivity contribution is 0.102. The van der Waals surface area contributed by atoms with E-state index in [9.17, 15) is 4.79 Å². The molecule has 0 spiro atoms. The molecule has 0 aliphatic rings. The third-order valence-corrected chi connectivity index (χ3v) is 5.86. The molecule has 0 saturated carbocycles. The van der Waals surface area contributed by atoms with E-state index in [1.165, 1.54) is 5.56 Å². The van der Waals surface area contributed by atoms with Gasteiger partial charge in [-0.05, 0) is 73.3 Å². The van der Waals surface area contributed by atoms with Crippen LogP contribution in [0.1, 0.15) is 63.9 Å². The van der Waals surface area contributed by atoms with Crippen molar-refractivity contribution in [1.82, 2.24) is 15.2 Å². The molecule has 2 heterocycles. The lowest BCUT2D eigenvalue weighted by Gasteiger charge is -2.26. The highest BCUT2D eigenvalue weighted by atomic mass is 16.1. The highest BCUT2D eigenvalue weighted by molar-refractivity contribution is 6.08. The smallest absolute Gasteiger partial charge is 0.259 e. The predicted molar refractivity (Wildman–Crippen MR) is 155 cm³/mol. The summed E-state index contributed by atoms with van der Waals surface area (Å²) in [6.45, 7) is 13.5. The van der Waals surface area contributed by atoms with Crippen LogP contribution >= 0.6 is 0 Å². The van der Waals surface area contributed by atoms with E-state index in [1.54, 1.807) is 24.5 Å². The van der Waals surface area contributed by atoms with Gasteiger partial charge in [0.05, 0.1) is 17.3 Å². The van der Waals surface area contributed by atoms with Crippen molar-refractivity contribution in [2.24, 2.45) is 5.73 Å². The molecule has 1 atom stereocenters. The molecule has 2 aromatic carbocycles. The van der Waals surface area contributed by atoms with Crippen molar-refractivity contribution in [3.8, 4) is 0 Å². The standard InChI is InChI=1S/C27H32N6O.C2H7N/c1-6-17(2)30-24-15-20(11-12-22(24)27(3,4)5)32-26(34)21-8-7-13-28-25(21)31-19-10-9-18-16-29-33-23(18)14-19;1-2-3/h7-17,30H,6H2,1-5H3,(H,28,31)(H,29,33)(H,32,34);2-3H2,1H3. The summed E-state index contributed by atoms with van der Waals surface area (Å²) in [6.07, 6.45) is 4.45. The Bertz CT molecular complexity index is 1320. The van der Waals surface area contributed by atoms with Crippen molar-refractivity contribution in [3.63, 3.8) is 0 Å². The van der Waals surface area contributed by atoms with Gasteiger partial charge in [-0.15, -0.1) is 0 Å². The number of nitrogens with one attached hydrogen (secondary N) is 4. The summed E-state index contributed by atoms with van der Waals surface area (Å²) in [6, 6.07) is 15.7. The fourth-order valence-corrected chi connectivity index (χ4v) is 3.80. The minimum absolute atomic E-state index is 0.0193. The average molecular weight is 502 g/mol. The van der Waals surface area contributed by atoms with Crippen molar-refractivity contribution in [3.05, 3.63) is 72.1 Å². The second-order valence-electron chi connectivity index (χ2n) is 10.0. The molecule has 8 nitrogen and oxygen atoms in total. The summed E-state index contributed by atoms with van der Waals surface area (Å²) in [7, 11) is 0. The molecule has 4 aromatic rings. The van der Waals surface area contributed by atoms with Crippen LogP contribution in [0.3, 0.4) is 0 Å². The van der Waals surface area contributed by atoms with E-state index in [4.69, 9.17) is 5.73 Å². The van der Waals surface area contributed by atoms with E-state index >= 15 is 0 Å². The van der Waals surface area contributed by atoms with Gasteiger partial charge in [-0.25, -0.2) is 4.98 Å². The number of carbonyl (C=O) groups excluding carboxylic acids is 1. The molecule has 2 aromatic heterocycles. The number of nitrogens with zero attached hydrogens (tertiary/aromatic N) is 2. The third kappa shape index (κ3) is 7.30. The SMILES string of the molecule is CCC(C)Nc1cc(NC(=O)c2cccnc2Nc2ccc3cn[nH]c3c2)ccc1C(C)(C)C.CCN. The van der Waals surface area contributed by atoms with Crippen LogP contribution in [-0.4, -0.2) is 33.7 Å². The summed E-state index contributed by atoms with van der Waals surface area (Å²) in [5.74, 6) is 0.263. The second-order valence-corrected chi connectivity index (χ2v) is 10.0. The highest BCUT2D eigenvalue weighted by Gasteiger charge is 2.20. The lowest BCUT2D eigenvalue weighted by atomic mass is 9.85. The quantitative estimate of drug-likeness (QED) is 0.199. The van der Waals surface area contributed by atoms with Gasteiger partial charge in [0.2, 0.25) is 0 Å². The zero-order valence-electron chi connectivity index (χ0n) is 22.6. The minimum atomic E-state index is -0.226. The van der Waals surface area contributed by atoms with Crippen LogP contribution in [-0.2, 0) is 5.41 Å². The number of fused-ring (bicyclic) bond motifs is 1. The van der Waals surface area contributed by atoms with E-state index in [0.29, 0.717) is 17.4 Å². The molecule has 0 fully saturated rings. The van der Waals surface area contributed by atoms with Gasteiger partial charge in [0.15, 0.2) is 0 Å². The molecule has 0 aliphatic carbocycles. The Kier molecular flexibility index (Phi) is 9.25. The first-order valence-corrected chi connectivity index (χ1v) is 12.7. The fraction of sp³-hybridized carbons (Fsp3) is 0.345. The van der Waals surface area contributed by atoms with Gasteiger partial charge in [-0.1, -0.05) is 40.7 Å². The van der Waals surface area contributed by atoms with Crippen LogP contribution in [0.25, 0.3) is 10.9 Å². The van der Waals surface area contributed by atoms with Crippen LogP contribution in [0, 0.1) is 0 Å². The van der Waals surface area contributed by atoms with Gasteiger partial charge in [0.1, 0.15) is 5.82 Å². The lowest BCUT2D eigenvalue weighted by Crippen LogP contribution is -2.20. The Morgan fingerprint density at radius 3 is 2.51 bits per heavy atom. The number of rotatable bonds is 7. The van der Waals surface area contributed by atoms with Crippen molar-refractivity contribution in [2.75, 3.05) is 22.5 Å². The van der Waals surface area contributed by atoms with Gasteiger partial charge in [0.25, 0.3) is 5.91 Å². The molecule has 6 N–H and O–H groups in total. The first-order chi connectivity index (χ1) is 17.7. The molecule has 0 bridgehead atoms. The normalized spacial score (nSPS) is 11.9. The van der Waals surface area contributed by atoms with E-state index in [1.807, 2.05) is 37.3 Å². The molecule has 4 rings (SSSR count). The largest absolute Gasteiger partial charge is 0.382 e. The zero-order valence-corrected chi connectivity index (χ0v) is 22.6. The van der Waals surface area contributed by atoms with Gasteiger partial charge >= 0.3 is 0 Å². The summed E-state index contributed by atoms with van der Waals surface area (Å²) in [5.41, 5.74) is 10.0. The van der Waals surface area contributed by atoms with Crippen molar-refractivity contribution in [2.45, 2.75) is 59.4 Å². The number of nitrogens with two attached hydrogens (primary N) is 1. The van der Waals surface area contributed by atoms with Crippen molar-refractivity contribution < 1.29 is 4.79 Å². The first-order valence-electron chi connectivity index (χ1n) is 12.7. The van der Waals surface area contributed by atoms with Crippen LogP contribution < -0.4 is 21.7 Å². The number of hydrogen-bond acceptors (Lipinski definition) is 6. The third-order valence-electron chi connectivity index (χ3n) is 5.86. The molecule has 37 heavy (non-hydrogen) atoms. The maximum atomic E-state index is 13.2. The Balaban J connectivity index is 0.00000121. The number of amides is 1. The number of benzene rings is 2. The minimum Gasteiger partial charge on any atom is -0.382 e. The number of carbonyl (C=O) groups is 1. The van der Waals surface area contributed by atoms with E-state index in [2.05, 4.69) is 71.8 Å². The van der Waals surface area contributed by atoms with Gasteiger partial charge < -0.3 is 21.7 Å². The summed E-state index contributed by atoms with van der Waals surface area (Å²) in [5, 5.41) is 17.9. The summed E-state index contributed by atoms with van der Waals surface area (Å²) >= 11 is 0.